The highest BCUT2D eigenvalue weighted by molar-refractivity contribution is 7.86. The van der Waals surface area contributed by atoms with E-state index in [0.717, 1.165) is 23.8 Å². The van der Waals surface area contributed by atoms with Crippen LogP contribution in [0.15, 0.2) is 109 Å². The first-order chi connectivity index (χ1) is 23.7. The van der Waals surface area contributed by atoms with Gasteiger partial charge in [-0.1, -0.05) is 30.3 Å². The van der Waals surface area contributed by atoms with Crippen molar-refractivity contribution < 1.29 is 40.7 Å². The maximum atomic E-state index is 12.6. The number of H-pyrrole nitrogens is 1. The zero-order valence-electron chi connectivity index (χ0n) is 25.7. The number of nitro groups is 1. The number of hydrogen-bond donors (Lipinski definition) is 4. The van der Waals surface area contributed by atoms with Crippen molar-refractivity contribution in [1.82, 2.24) is 9.97 Å². The van der Waals surface area contributed by atoms with Crippen molar-refractivity contribution in [1.29, 1.82) is 0 Å². The summed E-state index contributed by atoms with van der Waals surface area (Å²) >= 11 is 0. The maximum absolute atomic E-state index is 12.6. The Balaban J connectivity index is 1.41. The minimum atomic E-state index is -4.96. The van der Waals surface area contributed by atoms with Crippen molar-refractivity contribution in [3.05, 3.63) is 94.5 Å². The van der Waals surface area contributed by atoms with Gasteiger partial charge in [0.15, 0.2) is 5.75 Å². The van der Waals surface area contributed by atoms with Crippen LogP contribution in [0.4, 0.5) is 28.4 Å². The van der Waals surface area contributed by atoms with Gasteiger partial charge in [-0.15, -0.1) is 15.3 Å². The second-order valence-electron chi connectivity index (χ2n) is 10.6. The van der Waals surface area contributed by atoms with Crippen LogP contribution in [0.2, 0.25) is 0 Å². The summed E-state index contributed by atoms with van der Waals surface area (Å²) in [5.41, 5.74) is 0.679. The molecule has 0 spiro atoms. The van der Waals surface area contributed by atoms with Gasteiger partial charge in [0.25, 0.3) is 25.9 Å². The fourth-order valence-corrected chi connectivity index (χ4v) is 6.35. The average Bonchev–Trinajstić information content (AvgIpc) is 3.52. The summed E-state index contributed by atoms with van der Waals surface area (Å²) in [6, 6.07) is 18.9. The van der Waals surface area contributed by atoms with E-state index >= 15 is 0 Å². The zero-order chi connectivity index (χ0) is 36.0. The lowest BCUT2D eigenvalue weighted by molar-refractivity contribution is -0.385. The van der Waals surface area contributed by atoms with Crippen LogP contribution >= 0.6 is 0 Å². The van der Waals surface area contributed by atoms with E-state index in [1.165, 1.54) is 25.3 Å². The van der Waals surface area contributed by atoms with Crippen molar-refractivity contribution in [2.24, 2.45) is 20.5 Å². The Bertz CT molecular complexity index is 2640. The first kappa shape index (κ1) is 33.7. The van der Waals surface area contributed by atoms with Crippen molar-refractivity contribution in [3.8, 4) is 22.9 Å². The van der Waals surface area contributed by atoms with Gasteiger partial charge in [-0.05, 0) is 42.8 Å². The van der Waals surface area contributed by atoms with E-state index in [9.17, 15) is 41.2 Å². The molecule has 1 aromatic heterocycles. The van der Waals surface area contributed by atoms with E-state index in [1.807, 2.05) is 30.3 Å². The van der Waals surface area contributed by atoms with E-state index < -0.39 is 52.1 Å². The topological polar surface area (TPSA) is 259 Å². The number of aromatic nitrogens is 2. The number of methoxy groups -OCH3 is 1. The van der Waals surface area contributed by atoms with Crippen LogP contribution in [-0.4, -0.2) is 53.0 Å². The number of aryl methyl sites for hydroxylation is 1. The normalized spacial score (nSPS) is 12.4. The smallest absolute Gasteiger partial charge is 0.297 e. The SMILES string of the molecule is COc1cc(/N=N/c2ccc([N+](=O)[O-])cc2S(=O)(=O)O)c(C)cc1/N=N/c1c(S(=O)(=O)O)cc2c(ccc3nc(-c4ccccc4)[nH]c32)c1O. The summed E-state index contributed by atoms with van der Waals surface area (Å²) in [5.74, 6) is -0.0504. The molecule has 0 saturated heterocycles. The van der Waals surface area contributed by atoms with E-state index in [0.29, 0.717) is 28.5 Å². The Morgan fingerprint density at radius 2 is 1.48 bits per heavy atom. The van der Waals surface area contributed by atoms with Gasteiger partial charge in [0, 0.05) is 34.5 Å². The lowest BCUT2D eigenvalue weighted by atomic mass is 10.1. The van der Waals surface area contributed by atoms with Gasteiger partial charge in [-0.2, -0.15) is 21.9 Å². The van der Waals surface area contributed by atoms with E-state index in [4.69, 9.17) is 4.74 Å². The Morgan fingerprint density at radius 1 is 0.800 bits per heavy atom. The summed E-state index contributed by atoms with van der Waals surface area (Å²) in [4.78, 5) is 16.4. The molecule has 0 atom stereocenters. The molecule has 0 radical (unpaired) electrons. The number of aromatic amines is 1. The van der Waals surface area contributed by atoms with Crippen LogP contribution in [0.1, 0.15) is 5.56 Å². The molecular formula is C31H23N7O10S2. The van der Waals surface area contributed by atoms with Gasteiger partial charge in [-0.25, -0.2) is 4.98 Å². The highest BCUT2D eigenvalue weighted by atomic mass is 32.2. The van der Waals surface area contributed by atoms with Gasteiger partial charge in [0.2, 0.25) is 0 Å². The maximum Gasteiger partial charge on any atom is 0.297 e. The molecule has 19 heteroatoms. The number of phenolic OH excluding ortho intramolecular Hbond substituents is 1. The van der Waals surface area contributed by atoms with Crippen molar-refractivity contribution >= 4 is 70.5 Å². The van der Waals surface area contributed by atoms with Crippen LogP contribution in [-0.2, 0) is 20.2 Å². The number of phenols is 1. The third-order valence-electron chi connectivity index (χ3n) is 7.47. The number of imidazole rings is 1. The molecule has 17 nitrogen and oxygen atoms in total. The minimum absolute atomic E-state index is 0.0355. The Hall–Kier alpha value is -6.15. The molecule has 1 heterocycles. The standard InChI is InChI=1S/C31H23N7O10S2/c1-16-12-24(25(48-2)15-23(16)35-34-21-10-8-18(38(40)41)13-26(21)49(42,43)44)36-37-29-27(50(45,46)47)14-20-19(30(29)39)9-11-22-28(20)33-31(32-22)17-6-4-3-5-7-17/h3-15,39H,1-2H3,(H,32,33)(H,42,43,44)(H,45,46,47)/b35-34+,37-36+. The number of hydrogen-bond acceptors (Lipinski definition) is 13. The molecule has 0 aliphatic heterocycles. The molecule has 5 aromatic carbocycles. The molecule has 4 N–H and O–H groups in total. The number of nitro benzene ring substituents is 1. The molecule has 0 fully saturated rings. The van der Waals surface area contributed by atoms with E-state index in [1.54, 1.807) is 13.0 Å². The third kappa shape index (κ3) is 6.48. The molecule has 0 bridgehead atoms. The zero-order valence-corrected chi connectivity index (χ0v) is 27.3. The first-order valence-corrected chi connectivity index (χ1v) is 17.0. The highest BCUT2D eigenvalue weighted by Crippen LogP contribution is 2.44. The lowest BCUT2D eigenvalue weighted by Gasteiger charge is -2.10. The molecule has 0 amide bonds. The van der Waals surface area contributed by atoms with Gasteiger partial charge in [0.05, 0.1) is 28.8 Å². The molecule has 0 unspecified atom stereocenters. The van der Waals surface area contributed by atoms with Crippen molar-refractivity contribution in [2.75, 3.05) is 7.11 Å². The molecule has 0 aliphatic rings. The predicted molar refractivity (Wildman–Crippen MR) is 180 cm³/mol. The number of rotatable bonds is 9. The van der Waals surface area contributed by atoms with Crippen LogP contribution in [0.3, 0.4) is 0 Å². The Kier molecular flexibility index (Phi) is 8.57. The average molecular weight is 718 g/mol. The van der Waals surface area contributed by atoms with Crippen LogP contribution in [0.5, 0.6) is 11.5 Å². The second kappa shape index (κ2) is 12.7. The summed E-state index contributed by atoms with van der Waals surface area (Å²) < 4.78 is 73.9. The molecule has 0 saturated carbocycles. The lowest BCUT2D eigenvalue weighted by Crippen LogP contribution is -2.00. The molecule has 6 rings (SSSR count). The van der Waals surface area contributed by atoms with Gasteiger partial charge in [-0.3, -0.25) is 19.2 Å². The predicted octanol–water partition coefficient (Wildman–Crippen LogP) is 7.64. The quantitative estimate of drug-likeness (QED) is 0.0488. The number of fused-ring (bicyclic) bond motifs is 3. The second-order valence-corrected chi connectivity index (χ2v) is 13.4. The number of azo groups is 2. The molecular weight excluding hydrogens is 695 g/mol. The molecule has 0 aliphatic carbocycles. The monoisotopic (exact) mass is 717 g/mol. The van der Waals surface area contributed by atoms with Crippen molar-refractivity contribution in [3.63, 3.8) is 0 Å². The Morgan fingerprint density at radius 3 is 2.14 bits per heavy atom. The van der Waals surface area contributed by atoms with Gasteiger partial charge < -0.3 is 14.8 Å². The van der Waals surface area contributed by atoms with E-state index in [-0.39, 0.29) is 33.6 Å². The largest absolute Gasteiger partial charge is 0.505 e. The fraction of sp³-hybridized carbons (Fsp3) is 0.0645. The minimum Gasteiger partial charge on any atom is -0.505 e. The number of nitrogens with one attached hydrogen (secondary N) is 1. The number of nitrogens with zero attached hydrogens (tertiary/aromatic N) is 6. The number of ether oxygens (including phenoxy) is 1. The Labute approximate surface area is 282 Å². The fourth-order valence-electron chi connectivity index (χ4n) is 5.05. The van der Waals surface area contributed by atoms with Crippen LogP contribution in [0.25, 0.3) is 33.2 Å². The number of benzene rings is 5. The highest BCUT2D eigenvalue weighted by Gasteiger charge is 2.24. The van der Waals surface area contributed by atoms with E-state index in [2.05, 4.69) is 30.4 Å². The molecule has 254 valence electrons. The van der Waals surface area contributed by atoms with Crippen molar-refractivity contribution in [2.45, 2.75) is 16.7 Å². The van der Waals surface area contributed by atoms with Gasteiger partial charge in [0.1, 0.15) is 38.4 Å². The number of aromatic hydroxyl groups is 1. The van der Waals surface area contributed by atoms with Gasteiger partial charge >= 0.3 is 0 Å². The summed E-state index contributed by atoms with van der Waals surface area (Å²) in [5, 5.41) is 38.7. The summed E-state index contributed by atoms with van der Waals surface area (Å²) in [6.45, 7) is 1.57. The first-order valence-electron chi connectivity index (χ1n) is 14.1. The summed E-state index contributed by atoms with van der Waals surface area (Å²) in [6.07, 6.45) is 0. The van der Waals surface area contributed by atoms with Crippen LogP contribution < -0.4 is 4.74 Å². The summed E-state index contributed by atoms with van der Waals surface area (Å²) in [7, 11) is -8.58. The molecule has 6 aromatic rings. The molecule has 50 heavy (non-hydrogen) atoms. The van der Waals surface area contributed by atoms with Crippen LogP contribution in [0, 0.1) is 17.0 Å². The number of non-ortho nitro benzene ring substituents is 1. The third-order valence-corrected chi connectivity index (χ3v) is 9.22.